The average molecular weight is 160 g/mol. The van der Waals surface area contributed by atoms with Crippen LogP contribution in [-0.4, -0.2) is 23.4 Å². The fourth-order valence-electron chi connectivity index (χ4n) is 0.109. The van der Waals surface area contributed by atoms with Gasteiger partial charge >= 0.3 is 0 Å². The van der Waals surface area contributed by atoms with Crippen LogP contribution in [0.4, 0.5) is 0 Å². The fourth-order valence-corrected chi connectivity index (χ4v) is 0.109. The molecule has 2 N–H and O–H groups in total. The molecule has 1 aliphatic heterocycles. The third-order valence-electron chi connectivity index (χ3n) is 1.21. The first-order chi connectivity index (χ1) is 5.02. The van der Waals surface area contributed by atoms with Crippen LogP contribution in [0, 0.1) is 5.41 Å². The first-order valence-electron chi connectivity index (χ1n) is 3.57. The minimum absolute atomic E-state index is 0.0451. The number of hydrogen-bond acceptors (Lipinski definition) is 3. The number of ether oxygens (including phenoxy) is 1. The van der Waals surface area contributed by atoms with Crippen molar-refractivity contribution in [2.24, 2.45) is 5.41 Å². The van der Waals surface area contributed by atoms with Crippen LogP contribution in [0.2, 0.25) is 0 Å². The average Bonchev–Trinajstić information content (AvgIpc) is 2.73. The summed E-state index contributed by atoms with van der Waals surface area (Å²) in [7, 11) is 0. The van der Waals surface area contributed by atoms with Gasteiger partial charge in [0.2, 0.25) is 0 Å². The van der Waals surface area contributed by atoms with Gasteiger partial charge in [0.25, 0.3) is 0 Å². The number of allylic oxidation sites excluding steroid dienone is 1. The zero-order valence-corrected chi connectivity index (χ0v) is 7.29. The molecule has 0 unspecified atom stereocenters. The first kappa shape index (κ1) is 10.5. The molecule has 0 radical (unpaired) electrons. The van der Waals surface area contributed by atoms with E-state index in [0.717, 1.165) is 5.76 Å². The Labute approximate surface area is 67.3 Å². The fraction of sp³-hybridized carbons (Fsp3) is 0.750. The highest BCUT2D eigenvalue weighted by Crippen LogP contribution is 2.10. The first-order valence-corrected chi connectivity index (χ1v) is 3.57. The highest BCUT2D eigenvalue weighted by molar-refractivity contribution is 4.96. The van der Waals surface area contributed by atoms with E-state index in [0.29, 0.717) is 0 Å². The third-order valence-corrected chi connectivity index (χ3v) is 1.21. The maximum Gasteiger partial charge on any atom is 0.135 e. The molecule has 1 aliphatic rings. The lowest BCUT2D eigenvalue weighted by Gasteiger charge is -2.16. The highest BCUT2D eigenvalue weighted by Gasteiger charge is 2.13. The maximum absolute atomic E-state index is 8.43. The largest absolute Gasteiger partial charge is 0.463 e. The third kappa shape index (κ3) is 7.36. The molecule has 0 bridgehead atoms. The zero-order valence-electron chi connectivity index (χ0n) is 7.29. The Bertz CT molecular complexity index is 132. The maximum atomic E-state index is 8.43. The second kappa shape index (κ2) is 4.36. The molecule has 0 fully saturated rings. The van der Waals surface area contributed by atoms with Gasteiger partial charge in [-0.05, 0) is 6.92 Å². The summed E-state index contributed by atoms with van der Waals surface area (Å²) in [6.45, 7) is 5.60. The van der Waals surface area contributed by atoms with E-state index in [4.69, 9.17) is 10.2 Å². The van der Waals surface area contributed by atoms with Crippen molar-refractivity contribution >= 4 is 0 Å². The topological polar surface area (TPSA) is 53.0 Å². The van der Waals surface area contributed by atoms with Crippen molar-refractivity contribution in [2.45, 2.75) is 20.8 Å². The SMILES string of the molecule is CC(C)(CO)CO.CC1=CO1. The van der Waals surface area contributed by atoms with Gasteiger partial charge in [-0.3, -0.25) is 0 Å². The molecule has 0 aliphatic carbocycles. The van der Waals surface area contributed by atoms with E-state index in [1.807, 2.05) is 6.92 Å². The van der Waals surface area contributed by atoms with Gasteiger partial charge in [0.05, 0.1) is 13.2 Å². The summed E-state index contributed by atoms with van der Waals surface area (Å²) in [6.07, 6.45) is 1.71. The molecule has 0 saturated heterocycles. The molecule has 0 spiro atoms. The number of hydrogen-bond donors (Lipinski definition) is 2. The van der Waals surface area contributed by atoms with Gasteiger partial charge in [-0.15, -0.1) is 0 Å². The van der Waals surface area contributed by atoms with Gasteiger partial charge in [0.1, 0.15) is 12.0 Å². The molecule has 0 atom stereocenters. The van der Waals surface area contributed by atoms with Crippen molar-refractivity contribution < 1.29 is 14.9 Å². The Morgan fingerprint density at radius 3 is 1.64 bits per heavy atom. The second-order valence-corrected chi connectivity index (χ2v) is 3.33. The van der Waals surface area contributed by atoms with Crippen LogP contribution in [-0.2, 0) is 4.74 Å². The molecule has 66 valence electrons. The molecule has 0 aromatic carbocycles. The van der Waals surface area contributed by atoms with Crippen LogP contribution in [0.3, 0.4) is 0 Å². The lowest BCUT2D eigenvalue weighted by Crippen LogP contribution is -2.20. The number of aliphatic hydroxyl groups is 2. The summed E-state index contributed by atoms with van der Waals surface area (Å²) in [5.74, 6) is 1.04. The van der Waals surface area contributed by atoms with Crippen molar-refractivity contribution in [3.05, 3.63) is 12.0 Å². The lowest BCUT2D eigenvalue weighted by molar-refractivity contribution is 0.0857. The van der Waals surface area contributed by atoms with E-state index in [-0.39, 0.29) is 18.6 Å². The van der Waals surface area contributed by atoms with Crippen LogP contribution >= 0.6 is 0 Å². The summed E-state index contributed by atoms with van der Waals surface area (Å²) < 4.78 is 4.50. The predicted molar refractivity (Wildman–Crippen MR) is 42.8 cm³/mol. The Balaban J connectivity index is 0.000000207. The highest BCUT2D eigenvalue weighted by atomic mass is 16.5. The second-order valence-electron chi connectivity index (χ2n) is 3.33. The zero-order chi connectivity index (χ0) is 8.91. The Kier molecular flexibility index (Phi) is 4.15. The molecule has 0 amide bonds. The monoisotopic (exact) mass is 160 g/mol. The van der Waals surface area contributed by atoms with E-state index in [1.54, 1.807) is 20.1 Å². The normalized spacial score (nSPS) is 14.1. The molecule has 1 heterocycles. The van der Waals surface area contributed by atoms with E-state index >= 15 is 0 Å². The molecule has 3 nitrogen and oxygen atoms in total. The van der Waals surface area contributed by atoms with Gasteiger partial charge in [0, 0.05) is 5.41 Å². The van der Waals surface area contributed by atoms with Crippen molar-refractivity contribution in [2.75, 3.05) is 13.2 Å². The lowest BCUT2D eigenvalue weighted by atomic mass is 9.97. The van der Waals surface area contributed by atoms with Gasteiger partial charge in [-0.1, -0.05) is 13.8 Å². The summed E-state index contributed by atoms with van der Waals surface area (Å²) in [5, 5.41) is 16.9. The summed E-state index contributed by atoms with van der Waals surface area (Å²) in [6, 6.07) is 0. The number of rotatable bonds is 2. The Hall–Kier alpha value is -0.540. The van der Waals surface area contributed by atoms with Crippen LogP contribution in [0.25, 0.3) is 0 Å². The molecule has 3 heteroatoms. The van der Waals surface area contributed by atoms with Crippen LogP contribution in [0.5, 0.6) is 0 Å². The van der Waals surface area contributed by atoms with Crippen molar-refractivity contribution in [1.29, 1.82) is 0 Å². The summed E-state index contributed by atoms with van der Waals surface area (Å²) in [4.78, 5) is 0. The smallest absolute Gasteiger partial charge is 0.135 e. The van der Waals surface area contributed by atoms with Crippen molar-refractivity contribution in [3.8, 4) is 0 Å². The van der Waals surface area contributed by atoms with Gasteiger partial charge < -0.3 is 14.9 Å². The molecule has 11 heavy (non-hydrogen) atoms. The van der Waals surface area contributed by atoms with Crippen molar-refractivity contribution in [1.82, 2.24) is 0 Å². The summed E-state index contributed by atoms with van der Waals surface area (Å²) in [5.41, 5.74) is -0.306. The van der Waals surface area contributed by atoms with Crippen molar-refractivity contribution in [3.63, 3.8) is 0 Å². The minimum Gasteiger partial charge on any atom is -0.463 e. The molecule has 1 rings (SSSR count). The standard InChI is InChI=1S/C5H12O2.C3H4O/c1-5(2,3-6)4-7;1-3-2-4-3/h6-7H,3-4H2,1-2H3;2H,1H3. The Morgan fingerprint density at radius 1 is 1.36 bits per heavy atom. The number of aliphatic hydroxyl groups excluding tert-OH is 2. The van der Waals surface area contributed by atoms with Gasteiger partial charge in [0.15, 0.2) is 0 Å². The quantitative estimate of drug-likeness (QED) is 0.630. The predicted octanol–water partition coefficient (Wildman–Crippen LogP) is 0.875. The van der Waals surface area contributed by atoms with Crippen LogP contribution in [0.1, 0.15) is 20.8 Å². The molecule has 0 aromatic heterocycles. The van der Waals surface area contributed by atoms with E-state index in [2.05, 4.69) is 4.74 Å². The van der Waals surface area contributed by atoms with E-state index < -0.39 is 0 Å². The summed E-state index contributed by atoms with van der Waals surface area (Å²) >= 11 is 0. The molecular weight excluding hydrogens is 144 g/mol. The van der Waals surface area contributed by atoms with Gasteiger partial charge in [-0.2, -0.15) is 0 Å². The van der Waals surface area contributed by atoms with Gasteiger partial charge in [-0.25, -0.2) is 0 Å². The van der Waals surface area contributed by atoms with Crippen LogP contribution < -0.4 is 0 Å². The van der Waals surface area contributed by atoms with Crippen LogP contribution in [0.15, 0.2) is 12.0 Å². The molecule has 0 aromatic rings. The minimum atomic E-state index is -0.306. The van der Waals surface area contributed by atoms with E-state index in [9.17, 15) is 0 Å². The molecule has 0 saturated carbocycles. The van der Waals surface area contributed by atoms with E-state index in [1.165, 1.54) is 0 Å². The Morgan fingerprint density at radius 2 is 1.64 bits per heavy atom. The molecular formula is C8H16O3.